The first-order valence-corrected chi connectivity index (χ1v) is 11.5. The number of esters is 1. The van der Waals surface area contributed by atoms with Crippen molar-refractivity contribution in [2.45, 2.75) is 45.4 Å². The van der Waals surface area contributed by atoms with E-state index in [0.29, 0.717) is 11.3 Å². The van der Waals surface area contributed by atoms with Crippen LogP contribution < -0.4 is 10.1 Å². The molecule has 0 aromatic heterocycles. The number of ether oxygens (including phenoxy) is 1. The fraction of sp³-hybridized carbons (Fsp3) is 0.276. The van der Waals surface area contributed by atoms with Crippen molar-refractivity contribution in [1.82, 2.24) is 0 Å². The van der Waals surface area contributed by atoms with Crippen molar-refractivity contribution in [1.29, 1.82) is 0 Å². The lowest BCUT2D eigenvalue weighted by Crippen LogP contribution is -2.08. The molecule has 0 unspecified atom stereocenters. The van der Waals surface area contributed by atoms with Crippen molar-refractivity contribution in [2.24, 2.45) is 0 Å². The molecule has 3 heteroatoms. The summed E-state index contributed by atoms with van der Waals surface area (Å²) >= 11 is 0. The Labute approximate surface area is 191 Å². The molecule has 3 aromatic rings. The van der Waals surface area contributed by atoms with E-state index in [2.05, 4.69) is 36.2 Å². The minimum absolute atomic E-state index is 0.375. The highest BCUT2D eigenvalue weighted by Gasteiger charge is 2.07. The highest BCUT2D eigenvalue weighted by Crippen LogP contribution is 2.13. The van der Waals surface area contributed by atoms with Gasteiger partial charge in [-0.15, -0.1) is 0 Å². The normalized spacial score (nSPS) is 10.2. The Balaban J connectivity index is 1.46. The van der Waals surface area contributed by atoms with Crippen LogP contribution in [0.2, 0.25) is 0 Å². The van der Waals surface area contributed by atoms with E-state index in [1.807, 2.05) is 42.5 Å². The van der Waals surface area contributed by atoms with Crippen LogP contribution in [0.3, 0.4) is 0 Å². The lowest BCUT2D eigenvalue weighted by molar-refractivity contribution is 0.0735. The van der Waals surface area contributed by atoms with Crippen LogP contribution in [0.5, 0.6) is 5.75 Å². The highest BCUT2D eigenvalue weighted by atomic mass is 16.5. The maximum absolute atomic E-state index is 12.2. The quantitative estimate of drug-likeness (QED) is 0.163. The molecule has 32 heavy (non-hydrogen) atoms. The Morgan fingerprint density at radius 3 is 2.00 bits per heavy atom. The lowest BCUT2D eigenvalue weighted by atomic mass is 10.1. The van der Waals surface area contributed by atoms with Crippen LogP contribution in [0.1, 0.15) is 66.9 Å². The van der Waals surface area contributed by atoms with Crippen LogP contribution in [-0.2, 0) is 0 Å². The molecule has 0 bridgehead atoms. The van der Waals surface area contributed by atoms with Gasteiger partial charge in [0.05, 0.1) is 5.56 Å². The molecule has 0 saturated carbocycles. The standard InChI is InChI=1S/C29H31NO2/c1-2-3-4-5-6-10-23-30-27-21-17-25(18-22-27)14-13-24-15-19-26(20-16-24)29(31)32-28-11-8-7-9-12-28/h7-9,11-12,15-22,30H,2-6,10,23H2,1H3. The number of benzene rings is 3. The van der Waals surface area contributed by atoms with Crippen LogP contribution in [-0.4, -0.2) is 12.5 Å². The summed E-state index contributed by atoms with van der Waals surface area (Å²) in [6, 6.07) is 24.4. The molecule has 3 rings (SSSR count). The lowest BCUT2D eigenvalue weighted by Gasteiger charge is -2.06. The van der Waals surface area contributed by atoms with Crippen LogP contribution in [0.25, 0.3) is 0 Å². The van der Waals surface area contributed by atoms with E-state index in [1.165, 1.54) is 38.5 Å². The van der Waals surface area contributed by atoms with Gasteiger partial charge in [-0.2, -0.15) is 0 Å². The Hall–Kier alpha value is -3.51. The Morgan fingerprint density at radius 2 is 1.34 bits per heavy atom. The summed E-state index contributed by atoms with van der Waals surface area (Å²) in [5.74, 6) is 6.49. The van der Waals surface area contributed by atoms with Crippen LogP contribution in [0.15, 0.2) is 78.9 Å². The third kappa shape index (κ3) is 7.96. The topological polar surface area (TPSA) is 38.3 Å². The third-order valence-electron chi connectivity index (χ3n) is 5.17. The van der Waals surface area contributed by atoms with E-state index in [4.69, 9.17) is 4.74 Å². The number of rotatable bonds is 10. The van der Waals surface area contributed by atoms with Gasteiger partial charge in [0.15, 0.2) is 0 Å². The van der Waals surface area contributed by atoms with Crippen molar-refractivity contribution >= 4 is 11.7 Å². The molecule has 0 aliphatic carbocycles. The van der Waals surface area contributed by atoms with E-state index in [0.717, 1.165) is 23.4 Å². The Bertz CT molecular complexity index is 1010. The van der Waals surface area contributed by atoms with Crippen LogP contribution in [0, 0.1) is 11.8 Å². The predicted molar refractivity (Wildman–Crippen MR) is 132 cm³/mol. The molecule has 0 aliphatic rings. The second-order valence-electron chi connectivity index (χ2n) is 7.80. The van der Waals surface area contributed by atoms with E-state index >= 15 is 0 Å². The van der Waals surface area contributed by atoms with Gasteiger partial charge in [-0.1, -0.05) is 69.1 Å². The molecular weight excluding hydrogens is 394 g/mol. The predicted octanol–water partition coefficient (Wildman–Crippen LogP) is 7.08. The zero-order valence-corrected chi connectivity index (χ0v) is 18.8. The van der Waals surface area contributed by atoms with E-state index in [1.54, 1.807) is 24.3 Å². The van der Waals surface area contributed by atoms with E-state index in [-0.39, 0.29) is 5.97 Å². The largest absolute Gasteiger partial charge is 0.423 e. The molecule has 0 aliphatic heterocycles. The van der Waals surface area contributed by atoms with Gasteiger partial charge < -0.3 is 10.1 Å². The van der Waals surface area contributed by atoms with E-state index in [9.17, 15) is 4.79 Å². The molecule has 164 valence electrons. The first-order chi connectivity index (χ1) is 15.7. The molecule has 0 heterocycles. The summed E-state index contributed by atoms with van der Waals surface area (Å²) in [5, 5.41) is 3.48. The van der Waals surface area contributed by atoms with Crippen LogP contribution in [0.4, 0.5) is 5.69 Å². The number of anilines is 1. The average Bonchev–Trinajstić information content (AvgIpc) is 2.84. The first-order valence-electron chi connectivity index (χ1n) is 11.5. The maximum atomic E-state index is 12.2. The van der Waals surface area contributed by atoms with Crippen molar-refractivity contribution in [2.75, 3.05) is 11.9 Å². The Kier molecular flexibility index (Phi) is 9.42. The van der Waals surface area contributed by atoms with Gasteiger partial charge in [0.1, 0.15) is 5.75 Å². The van der Waals surface area contributed by atoms with Gasteiger partial charge in [0.25, 0.3) is 0 Å². The van der Waals surface area contributed by atoms with Crippen molar-refractivity contribution in [3.63, 3.8) is 0 Å². The van der Waals surface area contributed by atoms with Crippen LogP contribution >= 0.6 is 0 Å². The number of carbonyl (C=O) groups is 1. The molecule has 0 atom stereocenters. The number of para-hydroxylation sites is 1. The van der Waals surface area contributed by atoms with Gasteiger partial charge in [-0.25, -0.2) is 4.79 Å². The zero-order chi connectivity index (χ0) is 22.4. The number of unbranched alkanes of at least 4 members (excludes halogenated alkanes) is 5. The minimum Gasteiger partial charge on any atom is -0.423 e. The summed E-state index contributed by atoms with van der Waals surface area (Å²) in [7, 11) is 0. The summed E-state index contributed by atoms with van der Waals surface area (Å²) in [5.41, 5.74) is 3.44. The van der Waals surface area contributed by atoms with Gasteiger partial charge in [0, 0.05) is 23.4 Å². The Morgan fingerprint density at radius 1 is 0.750 bits per heavy atom. The van der Waals surface area contributed by atoms with Crippen molar-refractivity contribution in [3.05, 3.63) is 95.6 Å². The fourth-order valence-corrected chi connectivity index (χ4v) is 3.30. The SMILES string of the molecule is CCCCCCCCNc1ccc(C#Cc2ccc(C(=O)Oc3ccccc3)cc2)cc1. The van der Waals surface area contributed by atoms with Gasteiger partial charge in [-0.3, -0.25) is 0 Å². The molecular formula is C29H31NO2. The molecule has 3 aromatic carbocycles. The summed E-state index contributed by atoms with van der Waals surface area (Å²) in [6.07, 6.45) is 7.83. The zero-order valence-electron chi connectivity index (χ0n) is 18.8. The number of hydrogen-bond donors (Lipinski definition) is 1. The number of hydrogen-bond acceptors (Lipinski definition) is 3. The molecule has 0 radical (unpaired) electrons. The fourth-order valence-electron chi connectivity index (χ4n) is 3.30. The maximum Gasteiger partial charge on any atom is 0.343 e. The molecule has 0 spiro atoms. The average molecular weight is 426 g/mol. The van der Waals surface area contributed by atoms with Crippen molar-refractivity contribution in [3.8, 4) is 17.6 Å². The number of carbonyl (C=O) groups excluding carboxylic acids is 1. The summed E-state index contributed by atoms with van der Waals surface area (Å²) in [6.45, 7) is 3.26. The molecule has 1 N–H and O–H groups in total. The van der Waals surface area contributed by atoms with Gasteiger partial charge in [-0.05, 0) is 67.1 Å². The van der Waals surface area contributed by atoms with Gasteiger partial charge in [0.2, 0.25) is 0 Å². The molecule has 0 fully saturated rings. The molecule has 0 amide bonds. The summed E-state index contributed by atoms with van der Waals surface area (Å²) in [4.78, 5) is 12.2. The second-order valence-corrected chi connectivity index (χ2v) is 7.80. The highest BCUT2D eigenvalue weighted by molar-refractivity contribution is 5.91. The number of nitrogens with one attached hydrogen (secondary N) is 1. The van der Waals surface area contributed by atoms with E-state index < -0.39 is 0 Å². The van der Waals surface area contributed by atoms with Gasteiger partial charge >= 0.3 is 5.97 Å². The third-order valence-corrected chi connectivity index (χ3v) is 5.17. The monoisotopic (exact) mass is 425 g/mol. The molecule has 3 nitrogen and oxygen atoms in total. The summed E-state index contributed by atoms with van der Waals surface area (Å²) < 4.78 is 5.36. The first kappa shape index (κ1) is 23.2. The minimum atomic E-state index is -0.375. The van der Waals surface area contributed by atoms with Crippen molar-refractivity contribution < 1.29 is 9.53 Å². The molecule has 0 saturated heterocycles. The smallest absolute Gasteiger partial charge is 0.343 e. The second kappa shape index (κ2) is 13.0.